The molecule has 0 aromatic heterocycles. The van der Waals surface area contributed by atoms with Crippen molar-refractivity contribution >= 4 is 19.0 Å². The van der Waals surface area contributed by atoms with E-state index in [1.807, 2.05) is 32.0 Å². The molecule has 0 unspecified atom stereocenters. The van der Waals surface area contributed by atoms with E-state index in [1.165, 1.54) is 17.7 Å². The van der Waals surface area contributed by atoms with Crippen molar-refractivity contribution < 1.29 is 4.39 Å². The standard InChI is InChI=1S/C15H11BFN.C2H6/c16-12-3-6-14-11(9-12)7-8-18-15(14)10-1-4-13(17)5-2-10;1-2/h1-6,9H,7-8H2;1-2H3. The van der Waals surface area contributed by atoms with Crippen LogP contribution < -0.4 is 5.46 Å². The molecule has 1 aliphatic heterocycles. The van der Waals surface area contributed by atoms with Crippen molar-refractivity contribution in [2.75, 3.05) is 6.54 Å². The summed E-state index contributed by atoms with van der Waals surface area (Å²) in [7, 11) is 5.80. The predicted molar refractivity (Wildman–Crippen MR) is 83.8 cm³/mol. The topological polar surface area (TPSA) is 12.4 Å². The molecule has 0 fully saturated rings. The van der Waals surface area contributed by atoms with Crippen LogP contribution in [0.2, 0.25) is 0 Å². The first kappa shape index (κ1) is 14.5. The molecule has 0 spiro atoms. The molecule has 100 valence electrons. The van der Waals surface area contributed by atoms with Gasteiger partial charge in [0, 0.05) is 17.7 Å². The van der Waals surface area contributed by atoms with Gasteiger partial charge in [-0.15, -0.1) is 0 Å². The zero-order valence-corrected chi connectivity index (χ0v) is 11.9. The van der Waals surface area contributed by atoms with Gasteiger partial charge >= 0.3 is 0 Å². The molecule has 0 aliphatic carbocycles. The third kappa shape index (κ3) is 2.98. The molecule has 1 nitrogen and oxygen atoms in total. The molecule has 3 heteroatoms. The average molecular weight is 265 g/mol. The SMILES string of the molecule is CC.[B]c1ccc2c(c1)CCN=C2c1ccc(F)cc1. The number of nitrogens with zero attached hydrogens (tertiary/aromatic N) is 1. The van der Waals surface area contributed by atoms with Gasteiger partial charge in [0.2, 0.25) is 0 Å². The Kier molecular flexibility index (Phi) is 4.72. The highest BCUT2D eigenvalue weighted by atomic mass is 19.1. The minimum atomic E-state index is -0.229. The molecule has 2 aromatic carbocycles. The molecule has 0 atom stereocenters. The molecule has 1 heterocycles. The molecule has 20 heavy (non-hydrogen) atoms. The Bertz CT molecular complexity index is 617. The number of aliphatic imine (C=N–C) groups is 1. The van der Waals surface area contributed by atoms with Gasteiger partial charge in [0.1, 0.15) is 13.7 Å². The highest BCUT2D eigenvalue weighted by molar-refractivity contribution is 6.32. The highest BCUT2D eigenvalue weighted by Crippen LogP contribution is 2.19. The lowest BCUT2D eigenvalue weighted by Crippen LogP contribution is -2.17. The van der Waals surface area contributed by atoms with E-state index in [1.54, 1.807) is 12.1 Å². The highest BCUT2D eigenvalue weighted by Gasteiger charge is 2.15. The second-order valence-electron chi connectivity index (χ2n) is 4.40. The van der Waals surface area contributed by atoms with E-state index in [0.717, 1.165) is 35.3 Å². The van der Waals surface area contributed by atoms with Crippen LogP contribution in [0.4, 0.5) is 4.39 Å². The summed E-state index contributed by atoms with van der Waals surface area (Å²) in [6.45, 7) is 4.75. The Labute approximate surface area is 121 Å². The molecular weight excluding hydrogens is 248 g/mol. The molecule has 2 radical (unpaired) electrons. The van der Waals surface area contributed by atoms with Crippen molar-refractivity contribution in [2.45, 2.75) is 20.3 Å². The third-order valence-electron chi connectivity index (χ3n) is 3.15. The number of halogens is 1. The molecule has 2 aromatic rings. The van der Waals surface area contributed by atoms with Crippen LogP contribution in [0.1, 0.15) is 30.5 Å². The normalized spacial score (nSPS) is 12.8. The van der Waals surface area contributed by atoms with Crippen LogP contribution in [0.15, 0.2) is 47.5 Å². The van der Waals surface area contributed by atoms with Gasteiger partial charge in [-0.1, -0.05) is 37.5 Å². The van der Waals surface area contributed by atoms with E-state index in [2.05, 4.69) is 4.99 Å². The van der Waals surface area contributed by atoms with Crippen molar-refractivity contribution in [2.24, 2.45) is 4.99 Å². The average Bonchev–Trinajstić information content (AvgIpc) is 2.49. The maximum absolute atomic E-state index is 12.9. The summed E-state index contributed by atoms with van der Waals surface area (Å²) in [5.74, 6) is -0.229. The molecule has 1 aliphatic rings. The van der Waals surface area contributed by atoms with Crippen LogP contribution in [0.3, 0.4) is 0 Å². The van der Waals surface area contributed by atoms with Crippen molar-refractivity contribution in [3.05, 3.63) is 65.0 Å². The van der Waals surface area contributed by atoms with Crippen LogP contribution >= 0.6 is 0 Å². The van der Waals surface area contributed by atoms with Crippen LogP contribution in [-0.4, -0.2) is 20.1 Å². The molecule has 0 N–H and O–H groups in total. The van der Waals surface area contributed by atoms with Crippen LogP contribution in [-0.2, 0) is 6.42 Å². The van der Waals surface area contributed by atoms with E-state index in [-0.39, 0.29) is 5.82 Å². The van der Waals surface area contributed by atoms with Crippen LogP contribution in [0.25, 0.3) is 0 Å². The van der Waals surface area contributed by atoms with E-state index in [0.29, 0.717) is 0 Å². The van der Waals surface area contributed by atoms with Gasteiger partial charge in [-0.3, -0.25) is 4.99 Å². The molecule has 0 saturated heterocycles. The lowest BCUT2D eigenvalue weighted by molar-refractivity contribution is 0.628. The Hall–Kier alpha value is -1.90. The van der Waals surface area contributed by atoms with Gasteiger partial charge in [0.15, 0.2) is 0 Å². The fourth-order valence-electron chi connectivity index (χ4n) is 2.28. The fraction of sp³-hybridized carbons (Fsp3) is 0.235. The predicted octanol–water partition coefficient (Wildman–Crippen LogP) is 3.04. The number of benzene rings is 2. The first-order valence-corrected chi connectivity index (χ1v) is 6.93. The Morgan fingerprint density at radius 3 is 2.45 bits per heavy atom. The molecular formula is C17H17BFN. The Morgan fingerprint density at radius 2 is 1.75 bits per heavy atom. The summed E-state index contributed by atoms with van der Waals surface area (Å²) in [4.78, 5) is 4.55. The van der Waals surface area contributed by atoms with Crippen molar-refractivity contribution in [1.82, 2.24) is 0 Å². The molecule has 3 rings (SSSR count). The van der Waals surface area contributed by atoms with Crippen molar-refractivity contribution in [1.29, 1.82) is 0 Å². The van der Waals surface area contributed by atoms with Gasteiger partial charge in [-0.25, -0.2) is 4.39 Å². The largest absolute Gasteiger partial charge is 0.284 e. The quantitative estimate of drug-likeness (QED) is 0.703. The van der Waals surface area contributed by atoms with E-state index >= 15 is 0 Å². The van der Waals surface area contributed by atoms with Gasteiger partial charge in [0.25, 0.3) is 0 Å². The number of hydrogen-bond acceptors (Lipinski definition) is 1. The smallest absolute Gasteiger partial charge is 0.123 e. The molecule has 0 saturated carbocycles. The Morgan fingerprint density at radius 1 is 1.05 bits per heavy atom. The van der Waals surface area contributed by atoms with E-state index < -0.39 is 0 Å². The van der Waals surface area contributed by atoms with Crippen LogP contribution in [0.5, 0.6) is 0 Å². The van der Waals surface area contributed by atoms with Gasteiger partial charge in [-0.05, 0) is 36.2 Å². The summed E-state index contributed by atoms with van der Waals surface area (Å²) in [5, 5.41) is 0. The number of fused-ring (bicyclic) bond motifs is 1. The maximum Gasteiger partial charge on any atom is 0.123 e. The minimum absolute atomic E-state index is 0.229. The Balaban J connectivity index is 0.000000704. The summed E-state index contributed by atoms with van der Waals surface area (Å²) in [6, 6.07) is 12.3. The number of rotatable bonds is 1. The van der Waals surface area contributed by atoms with Crippen molar-refractivity contribution in [3.63, 3.8) is 0 Å². The van der Waals surface area contributed by atoms with Gasteiger partial charge in [0.05, 0.1) is 5.71 Å². The maximum atomic E-state index is 12.9. The zero-order valence-electron chi connectivity index (χ0n) is 11.9. The summed E-state index contributed by atoms with van der Waals surface area (Å²) in [6.07, 6.45) is 0.908. The lowest BCUT2D eigenvalue weighted by atomic mass is 9.87. The fourth-order valence-corrected chi connectivity index (χ4v) is 2.28. The molecule has 0 amide bonds. The van der Waals surface area contributed by atoms with Gasteiger partial charge in [-0.2, -0.15) is 0 Å². The van der Waals surface area contributed by atoms with E-state index in [4.69, 9.17) is 7.85 Å². The first-order valence-electron chi connectivity index (χ1n) is 6.93. The third-order valence-corrected chi connectivity index (χ3v) is 3.15. The summed E-state index contributed by atoms with van der Waals surface area (Å²) < 4.78 is 12.9. The van der Waals surface area contributed by atoms with E-state index in [9.17, 15) is 4.39 Å². The minimum Gasteiger partial charge on any atom is -0.284 e. The first-order chi connectivity index (χ1) is 9.74. The van der Waals surface area contributed by atoms with Crippen molar-refractivity contribution in [3.8, 4) is 0 Å². The monoisotopic (exact) mass is 265 g/mol. The molecule has 0 bridgehead atoms. The lowest BCUT2D eigenvalue weighted by Gasteiger charge is -2.17. The summed E-state index contributed by atoms with van der Waals surface area (Å²) in [5.41, 5.74) is 4.96. The zero-order chi connectivity index (χ0) is 14.5. The second-order valence-corrected chi connectivity index (χ2v) is 4.40. The second kappa shape index (κ2) is 6.51. The number of hydrogen-bond donors (Lipinski definition) is 0. The van der Waals surface area contributed by atoms with Gasteiger partial charge < -0.3 is 0 Å². The van der Waals surface area contributed by atoms with Crippen LogP contribution in [0, 0.1) is 5.82 Å². The summed E-state index contributed by atoms with van der Waals surface area (Å²) >= 11 is 0.